The van der Waals surface area contributed by atoms with E-state index in [1.165, 1.54) is 18.2 Å². The van der Waals surface area contributed by atoms with Gasteiger partial charge in [-0.15, -0.1) is 0 Å². The fourth-order valence-corrected chi connectivity index (χ4v) is 3.03. The van der Waals surface area contributed by atoms with Gasteiger partial charge in [0.25, 0.3) is 0 Å². The predicted molar refractivity (Wildman–Crippen MR) is 109 cm³/mol. The average molecular weight is 402 g/mol. The van der Waals surface area contributed by atoms with Crippen LogP contribution in [0.3, 0.4) is 0 Å². The van der Waals surface area contributed by atoms with Crippen LogP contribution in [-0.4, -0.2) is 31.5 Å². The molecule has 1 fully saturated rings. The predicted octanol–water partition coefficient (Wildman–Crippen LogP) is 4.49. The number of halogens is 1. The molecule has 3 rings (SSSR count). The number of carbonyl (C=O) groups is 1. The molecular weight excluding hydrogens is 375 g/mol. The third-order valence-corrected chi connectivity index (χ3v) is 4.36. The second-order valence-electron chi connectivity index (χ2n) is 7.21. The van der Waals surface area contributed by atoms with Crippen LogP contribution in [0.2, 0.25) is 0 Å². The van der Waals surface area contributed by atoms with Crippen molar-refractivity contribution >= 4 is 11.7 Å². The van der Waals surface area contributed by atoms with Crippen LogP contribution in [0.25, 0.3) is 0 Å². The molecule has 7 heteroatoms. The zero-order valence-electron chi connectivity index (χ0n) is 16.7. The van der Waals surface area contributed by atoms with Gasteiger partial charge in [0.15, 0.2) is 0 Å². The summed E-state index contributed by atoms with van der Waals surface area (Å²) in [4.78, 5) is 12.3. The van der Waals surface area contributed by atoms with Crippen molar-refractivity contribution in [1.29, 1.82) is 0 Å². The molecule has 1 aliphatic heterocycles. The normalized spacial score (nSPS) is 15.9. The Labute approximate surface area is 170 Å². The van der Waals surface area contributed by atoms with Crippen molar-refractivity contribution in [2.24, 2.45) is 0 Å². The van der Waals surface area contributed by atoms with Crippen LogP contribution in [0.1, 0.15) is 32.3 Å². The number of anilines is 1. The minimum atomic E-state index is -0.455. The van der Waals surface area contributed by atoms with Gasteiger partial charge in [0.1, 0.15) is 23.9 Å². The molecule has 1 heterocycles. The van der Waals surface area contributed by atoms with Crippen LogP contribution < -0.4 is 20.1 Å². The topological polar surface area (TPSA) is 68.8 Å². The summed E-state index contributed by atoms with van der Waals surface area (Å²) >= 11 is 0. The van der Waals surface area contributed by atoms with Gasteiger partial charge in [-0.1, -0.05) is 12.1 Å². The van der Waals surface area contributed by atoms with E-state index in [1.54, 1.807) is 0 Å². The largest absolute Gasteiger partial charge is 0.491 e. The first-order chi connectivity index (χ1) is 14.0. The molecule has 0 radical (unpaired) electrons. The Morgan fingerprint density at radius 2 is 2.14 bits per heavy atom. The maximum atomic E-state index is 13.7. The number of urea groups is 1. The highest BCUT2D eigenvalue weighted by Crippen LogP contribution is 2.26. The number of benzene rings is 2. The third-order valence-electron chi connectivity index (χ3n) is 4.36. The van der Waals surface area contributed by atoms with Gasteiger partial charge in [-0.2, -0.15) is 0 Å². The molecule has 6 nitrogen and oxygen atoms in total. The number of rotatable bonds is 8. The van der Waals surface area contributed by atoms with Gasteiger partial charge in [-0.3, -0.25) is 0 Å². The maximum absolute atomic E-state index is 13.7. The Morgan fingerprint density at radius 1 is 1.28 bits per heavy atom. The van der Waals surface area contributed by atoms with Crippen molar-refractivity contribution in [3.63, 3.8) is 0 Å². The fraction of sp³-hybridized carbons (Fsp3) is 0.409. The van der Waals surface area contributed by atoms with Gasteiger partial charge in [0.05, 0.1) is 17.9 Å². The van der Waals surface area contributed by atoms with E-state index >= 15 is 0 Å². The summed E-state index contributed by atoms with van der Waals surface area (Å²) in [6.07, 6.45) is 2.04. The van der Waals surface area contributed by atoms with E-state index in [-0.39, 0.29) is 17.9 Å². The molecule has 1 atom stereocenters. The summed E-state index contributed by atoms with van der Waals surface area (Å²) in [6.45, 7) is 5.31. The van der Waals surface area contributed by atoms with Crippen LogP contribution in [0.5, 0.6) is 11.5 Å². The molecule has 0 aromatic heterocycles. The van der Waals surface area contributed by atoms with Gasteiger partial charge in [0, 0.05) is 19.2 Å². The molecule has 0 saturated carbocycles. The molecule has 2 N–H and O–H groups in total. The smallest absolute Gasteiger partial charge is 0.319 e. The summed E-state index contributed by atoms with van der Waals surface area (Å²) in [5, 5.41) is 5.42. The lowest BCUT2D eigenvalue weighted by Gasteiger charge is -2.16. The summed E-state index contributed by atoms with van der Waals surface area (Å²) in [6, 6.07) is 11.1. The van der Waals surface area contributed by atoms with E-state index < -0.39 is 11.8 Å². The third kappa shape index (κ3) is 6.64. The van der Waals surface area contributed by atoms with Crippen LogP contribution in [0, 0.1) is 5.82 Å². The lowest BCUT2D eigenvalue weighted by atomic mass is 10.2. The van der Waals surface area contributed by atoms with Crippen molar-refractivity contribution in [3.8, 4) is 11.5 Å². The number of carbonyl (C=O) groups excluding carboxylic acids is 1. The van der Waals surface area contributed by atoms with Gasteiger partial charge in [-0.25, -0.2) is 9.18 Å². The van der Waals surface area contributed by atoms with Crippen LogP contribution in [-0.2, 0) is 11.3 Å². The standard InChI is InChI=1S/C22H27FN2O4/c1-15(2)29-18-6-3-5-16(11-18)13-24-22(26)25-20-12-17(23)8-9-21(20)28-14-19-7-4-10-27-19/h3,5-6,8-9,11-12,15,19H,4,7,10,13-14H2,1-2H3,(H2,24,25,26). The molecule has 0 aliphatic carbocycles. The minimum absolute atomic E-state index is 0.0297. The quantitative estimate of drug-likeness (QED) is 0.683. The van der Waals surface area contributed by atoms with Crippen LogP contribution >= 0.6 is 0 Å². The van der Waals surface area contributed by atoms with Crippen molar-refractivity contribution in [3.05, 3.63) is 53.8 Å². The number of amides is 2. The summed E-state index contributed by atoms with van der Waals surface area (Å²) in [5.74, 6) is 0.697. The number of nitrogens with one attached hydrogen (secondary N) is 2. The second kappa shape index (κ2) is 10.1. The zero-order valence-corrected chi connectivity index (χ0v) is 16.7. The molecule has 0 bridgehead atoms. The molecule has 1 saturated heterocycles. The van der Waals surface area contributed by atoms with Crippen LogP contribution in [0.4, 0.5) is 14.9 Å². The second-order valence-corrected chi connectivity index (χ2v) is 7.21. The highest BCUT2D eigenvalue weighted by atomic mass is 19.1. The number of hydrogen-bond donors (Lipinski definition) is 2. The van der Waals surface area contributed by atoms with E-state index in [4.69, 9.17) is 14.2 Å². The molecule has 29 heavy (non-hydrogen) atoms. The van der Waals surface area contributed by atoms with E-state index in [1.807, 2.05) is 38.1 Å². The Hall–Kier alpha value is -2.80. The molecule has 1 aliphatic rings. The Bertz CT molecular complexity index is 822. The fourth-order valence-electron chi connectivity index (χ4n) is 3.03. The summed E-state index contributed by atoms with van der Waals surface area (Å²) in [7, 11) is 0. The van der Waals surface area contributed by atoms with E-state index in [9.17, 15) is 9.18 Å². The van der Waals surface area contributed by atoms with Crippen molar-refractivity contribution in [2.75, 3.05) is 18.5 Å². The van der Waals surface area contributed by atoms with E-state index in [0.717, 1.165) is 30.8 Å². The summed E-state index contributed by atoms with van der Waals surface area (Å²) in [5.41, 5.74) is 1.17. The van der Waals surface area contributed by atoms with Gasteiger partial charge < -0.3 is 24.8 Å². The maximum Gasteiger partial charge on any atom is 0.319 e. The molecule has 2 aromatic carbocycles. The lowest BCUT2D eigenvalue weighted by molar-refractivity contribution is 0.0682. The SMILES string of the molecule is CC(C)Oc1cccc(CNC(=O)Nc2cc(F)ccc2OCC2CCCO2)c1. The molecular formula is C22H27FN2O4. The molecule has 0 spiro atoms. The van der Waals surface area contributed by atoms with Crippen LogP contribution in [0.15, 0.2) is 42.5 Å². The Balaban J connectivity index is 1.56. The first-order valence-electron chi connectivity index (χ1n) is 9.84. The highest BCUT2D eigenvalue weighted by Gasteiger charge is 2.17. The zero-order chi connectivity index (χ0) is 20.6. The van der Waals surface area contributed by atoms with Crippen molar-refractivity contribution in [1.82, 2.24) is 5.32 Å². The molecule has 156 valence electrons. The van der Waals surface area contributed by atoms with Gasteiger partial charge >= 0.3 is 6.03 Å². The summed E-state index contributed by atoms with van der Waals surface area (Å²) < 4.78 is 30.6. The molecule has 1 unspecified atom stereocenters. The van der Waals surface area contributed by atoms with E-state index in [2.05, 4.69) is 10.6 Å². The first-order valence-corrected chi connectivity index (χ1v) is 9.84. The van der Waals surface area contributed by atoms with Crippen molar-refractivity contribution < 1.29 is 23.4 Å². The lowest BCUT2D eigenvalue weighted by Crippen LogP contribution is -2.28. The first kappa shape index (κ1) is 20.9. The average Bonchev–Trinajstić information content (AvgIpc) is 3.19. The number of ether oxygens (including phenoxy) is 3. The van der Waals surface area contributed by atoms with Gasteiger partial charge in [-0.05, 0) is 56.5 Å². The van der Waals surface area contributed by atoms with Gasteiger partial charge in [0.2, 0.25) is 0 Å². The monoisotopic (exact) mass is 402 g/mol. The van der Waals surface area contributed by atoms with Crippen molar-refractivity contribution in [2.45, 2.75) is 45.4 Å². The Morgan fingerprint density at radius 3 is 2.90 bits per heavy atom. The number of hydrogen-bond acceptors (Lipinski definition) is 4. The minimum Gasteiger partial charge on any atom is -0.491 e. The molecule has 2 aromatic rings. The molecule has 2 amide bonds. The highest BCUT2D eigenvalue weighted by molar-refractivity contribution is 5.90. The Kier molecular flexibility index (Phi) is 7.30. The van der Waals surface area contributed by atoms with E-state index in [0.29, 0.717) is 18.9 Å².